The van der Waals surface area contributed by atoms with Crippen LogP contribution in [-0.4, -0.2) is 12.1 Å². The van der Waals surface area contributed by atoms with Gasteiger partial charge in [-0.1, -0.05) is 135 Å². The molecule has 5 rings (SSSR count). The molecular weight excluding hydrogens is 591 g/mol. The average Bonchev–Trinajstić information content (AvgIpc) is 3.36. The van der Waals surface area contributed by atoms with Crippen molar-refractivity contribution < 1.29 is 26.6 Å². The predicted molar refractivity (Wildman–Crippen MR) is 153 cm³/mol. The second kappa shape index (κ2) is 17.7. The first-order valence-corrected chi connectivity index (χ1v) is 15.0. The molecule has 3 nitrogen and oxygen atoms in total. The Bertz CT molecular complexity index is 1140. The van der Waals surface area contributed by atoms with Gasteiger partial charge in [-0.3, -0.25) is 0 Å². The number of hydrogen-bond acceptors (Lipinski definition) is 1. The van der Waals surface area contributed by atoms with E-state index >= 15 is 0 Å². The number of rotatable bonds is 6. The van der Waals surface area contributed by atoms with Crippen LogP contribution in [0.1, 0.15) is 59.8 Å². The number of nitrogens with one attached hydrogen (secondary N) is 1. The van der Waals surface area contributed by atoms with Crippen molar-refractivity contribution in [2.75, 3.05) is 0 Å². The SMILES string of the molecule is CC(C)NC1C(c2ccccc2)C(c2ccccc2)C(c2ccccc2)C1c1ccccc1.[C-]#[O+].[C-]#[O+].[Cl][Ru]. The van der Waals surface area contributed by atoms with Gasteiger partial charge in [0.15, 0.2) is 0 Å². The van der Waals surface area contributed by atoms with Gasteiger partial charge in [0, 0.05) is 23.9 Å². The van der Waals surface area contributed by atoms with Crippen LogP contribution in [0.15, 0.2) is 121 Å². The maximum absolute atomic E-state index is 7.50. The molecule has 39 heavy (non-hydrogen) atoms. The molecule has 4 unspecified atom stereocenters. The summed E-state index contributed by atoms with van der Waals surface area (Å²) >= 11 is 1.82. The molecule has 0 aromatic heterocycles. The van der Waals surface area contributed by atoms with Crippen molar-refractivity contribution in [2.24, 2.45) is 0 Å². The molecule has 5 heteroatoms. The zero-order chi connectivity index (χ0) is 28.6. The molecule has 4 aromatic carbocycles. The second-order valence-corrected chi connectivity index (χ2v) is 9.59. The molecule has 0 saturated heterocycles. The van der Waals surface area contributed by atoms with Crippen LogP contribution in [0.4, 0.5) is 0 Å². The van der Waals surface area contributed by atoms with E-state index in [-0.39, 0.29) is 0 Å². The fourth-order valence-electron chi connectivity index (χ4n) is 6.07. The van der Waals surface area contributed by atoms with Gasteiger partial charge in [0.1, 0.15) is 0 Å². The van der Waals surface area contributed by atoms with Crippen LogP contribution in [0, 0.1) is 13.3 Å². The first kappa shape index (κ1) is 32.4. The predicted octanol–water partition coefficient (Wildman–Crippen LogP) is 8.11. The Morgan fingerprint density at radius 3 is 0.974 bits per heavy atom. The maximum atomic E-state index is 7.50. The summed E-state index contributed by atoms with van der Waals surface area (Å²) in [7, 11) is 4.57. The summed E-state index contributed by atoms with van der Waals surface area (Å²) < 4.78 is 15.0. The Labute approximate surface area is 247 Å². The Morgan fingerprint density at radius 2 is 0.744 bits per heavy atom. The summed E-state index contributed by atoms with van der Waals surface area (Å²) in [4.78, 5) is 0. The summed E-state index contributed by atoms with van der Waals surface area (Å²) in [6.45, 7) is 13.6. The summed E-state index contributed by atoms with van der Waals surface area (Å²) in [6, 6.07) is 45.4. The summed E-state index contributed by atoms with van der Waals surface area (Å²) in [5.74, 6) is 1.48. The molecule has 4 atom stereocenters. The zero-order valence-corrected chi connectivity index (χ0v) is 24.6. The van der Waals surface area contributed by atoms with E-state index in [0.717, 1.165) is 0 Å². The third-order valence-electron chi connectivity index (χ3n) is 7.20. The van der Waals surface area contributed by atoms with Gasteiger partial charge >= 0.3 is 49.6 Å². The first-order chi connectivity index (χ1) is 19.2. The van der Waals surface area contributed by atoms with Gasteiger partial charge in [-0.05, 0) is 34.1 Å². The zero-order valence-electron chi connectivity index (χ0n) is 22.1. The van der Waals surface area contributed by atoms with E-state index < -0.39 is 0 Å². The average molecular weight is 624 g/mol. The number of benzene rings is 4. The molecule has 0 aliphatic heterocycles. The third-order valence-corrected chi connectivity index (χ3v) is 7.20. The van der Waals surface area contributed by atoms with Gasteiger partial charge in [0.05, 0.1) is 0 Å². The Balaban J connectivity index is 0.000000833. The molecule has 0 bridgehead atoms. The molecule has 0 radical (unpaired) electrons. The van der Waals surface area contributed by atoms with Crippen LogP contribution >= 0.6 is 9.69 Å². The Kier molecular flexibility index (Phi) is 14.8. The minimum absolute atomic E-state index is 0.324. The van der Waals surface area contributed by atoms with Gasteiger partial charge < -0.3 is 5.32 Å². The number of hydrogen-bond donors (Lipinski definition) is 1. The summed E-state index contributed by atoms with van der Waals surface area (Å²) in [5.41, 5.74) is 5.69. The van der Waals surface area contributed by atoms with Crippen molar-refractivity contribution in [3.05, 3.63) is 157 Å². The molecule has 0 spiro atoms. The van der Waals surface area contributed by atoms with E-state index in [1.54, 1.807) is 0 Å². The van der Waals surface area contributed by atoms with Crippen LogP contribution < -0.4 is 5.32 Å². The topological polar surface area (TPSA) is 51.8 Å². The monoisotopic (exact) mass is 624 g/mol. The molecule has 1 aliphatic carbocycles. The van der Waals surface area contributed by atoms with Gasteiger partial charge in [0.25, 0.3) is 0 Å². The van der Waals surface area contributed by atoms with E-state index in [1.807, 2.05) is 17.3 Å². The standard InChI is InChI=1S/C32H33N.2CO.ClH.Ru/c1-23(2)33-32-30(26-19-11-5-12-20-26)28(24-15-7-3-8-16-24)29(25-17-9-4-10-18-25)31(32)27-21-13-6-14-22-27;2*1-2;;/h3-23,28-33H,1-2H3;;;1H;/q;;;;+1/p-1. The van der Waals surface area contributed by atoms with Crippen molar-refractivity contribution in [1.82, 2.24) is 5.32 Å². The van der Waals surface area contributed by atoms with Crippen molar-refractivity contribution in [2.45, 2.75) is 49.6 Å². The third kappa shape index (κ3) is 8.12. The van der Waals surface area contributed by atoms with Crippen LogP contribution in [0.2, 0.25) is 0 Å². The molecule has 1 N–H and O–H groups in total. The fraction of sp³-hybridized carbons (Fsp3) is 0.235. The Hall–Kier alpha value is -2.77. The molecule has 4 aromatic rings. The van der Waals surface area contributed by atoms with Gasteiger partial charge in [-0.2, -0.15) is 0 Å². The first-order valence-electron chi connectivity index (χ1n) is 12.7. The van der Waals surface area contributed by atoms with E-state index in [1.165, 1.54) is 22.3 Å². The molecule has 201 valence electrons. The Morgan fingerprint density at radius 1 is 0.513 bits per heavy atom. The van der Waals surface area contributed by atoms with Crippen LogP contribution in [-0.2, 0) is 26.6 Å². The molecule has 1 aliphatic rings. The van der Waals surface area contributed by atoms with Crippen molar-refractivity contribution >= 4 is 9.69 Å². The van der Waals surface area contributed by atoms with Gasteiger partial charge in [-0.25, -0.2) is 0 Å². The molecule has 1 fully saturated rings. The second-order valence-electron chi connectivity index (χ2n) is 9.59. The molecule has 0 heterocycles. The molecular formula is C34H33ClNO2Ru. The molecule has 0 amide bonds. The van der Waals surface area contributed by atoms with E-state index in [9.17, 15) is 0 Å². The van der Waals surface area contributed by atoms with Gasteiger partial charge in [0.2, 0.25) is 0 Å². The van der Waals surface area contributed by atoms with Crippen molar-refractivity contribution in [3.63, 3.8) is 0 Å². The van der Waals surface area contributed by atoms with Crippen LogP contribution in [0.3, 0.4) is 0 Å². The number of halogens is 1. The van der Waals surface area contributed by atoms with E-state index in [0.29, 0.717) is 35.8 Å². The van der Waals surface area contributed by atoms with Crippen molar-refractivity contribution in [3.8, 4) is 0 Å². The normalized spacial score (nSPS) is 21.2. The van der Waals surface area contributed by atoms with Crippen molar-refractivity contribution in [1.29, 1.82) is 0 Å². The van der Waals surface area contributed by atoms with Crippen LogP contribution in [0.5, 0.6) is 0 Å². The summed E-state index contributed by atoms with van der Waals surface area (Å²) in [5, 5.41) is 4.04. The van der Waals surface area contributed by atoms with Gasteiger partial charge in [-0.15, -0.1) is 0 Å². The van der Waals surface area contributed by atoms with E-state index in [4.69, 9.17) is 9.30 Å². The molecule has 1 saturated carbocycles. The summed E-state index contributed by atoms with van der Waals surface area (Å²) in [6.07, 6.45) is 0. The minimum atomic E-state index is 0.324. The van der Waals surface area contributed by atoms with Crippen LogP contribution in [0.25, 0.3) is 0 Å². The quantitative estimate of drug-likeness (QED) is 0.132. The fourth-order valence-corrected chi connectivity index (χ4v) is 6.07. The van der Waals surface area contributed by atoms with E-state index in [2.05, 4.69) is 163 Å².